The van der Waals surface area contributed by atoms with Crippen molar-refractivity contribution in [3.8, 4) is 0 Å². The average molecular weight is 174 g/mol. The first-order valence-electron chi connectivity index (χ1n) is 4.91. The van der Waals surface area contributed by atoms with Gasteiger partial charge in [-0.1, -0.05) is 35.9 Å². The summed E-state index contributed by atoms with van der Waals surface area (Å²) in [6, 6.07) is 6.67. The summed E-state index contributed by atoms with van der Waals surface area (Å²) in [6.45, 7) is 6.41. The van der Waals surface area contributed by atoms with Gasteiger partial charge in [0.25, 0.3) is 0 Å². The highest BCUT2D eigenvalue weighted by atomic mass is 14.0. The standard InChI is InChI=1S/C13H18/c1-4-5-6-7-13-10-11(2)8-9-12(13)3/h4-5,8-10H,6-7H2,1-3H3/b5-4-. The van der Waals surface area contributed by atoms with Crippen molar-refractivity contribution in [2.24, 2.45) is 0 Å². The second-order valence-corrected chi connectivity index (χ2v) is 3.54. The molecule has 0 radical (unpaired) electrons. The molecule has 70 valence electrons. The number of benzene rings is 1. The van der Waals surface area contributed by atoms with Crippen LogP contribution in [0.3, 0.4) is 0 Å². The highest BCUT2D eigenvalue weighted by Gasteiger charge is 1.96. The van der Waals surface area contributed by atoms with Crippen LogP contribution in [0.2, 0.25) is 0 Å². The van der Waals surface area contributed by atoms with E-state index in [0.717, 1.165) is 12.8 Å². The third-order valence-corrected chi connectivity index (χ3v) is 2.32. The fourth-order valence-electron chi connectivity index (χ4n) is 1.48. The molecule has 13 heavy (non-hydrogen) atoms. The van der Waals surface area contributed by atoms with Crippen LogP contribution in [0.4, 0.5) is 0 Å². The van der Waals surface area contributed by atoms with Gasteiger partial charge in [-0.25, -0.2) is 0 Å². The lowest BCUT2D eigenvalue weighted by atomic mass is 10.0. The lowest BCUT2D eigenvalue weighted by Crippen LogP contribution is -1.89. The van der Waals surface area contributed by atoms with E-state index in [1.165, 1.54) is 16.7 Å². The summed E-state index contributed by atoms with van der Waals surface area (Å²) in [4.78, 5) is 0. The SMILES string of the molecule is C/C=C\CCc1cc(C)ccc1C. The van der Waals surface area contributed by atoms with Gasteiger partial charge < -0.3 is 0 Å². The number of hydrogen-bond acceptors (Lipinski definition) is 0. The molecule has 0 atom stereocenters. The molecule has 0 N–H and O–H groups in total. The van der Waals surface area contributed by atoms with E-state index in [9.17, 15) is 0 Å². The Kier molecular flexibility index (Phi) is 3.75. The molecule has 0 nitrogen and oxygen atoms in total. The Hall–Kier alpha value is -1.04. The smallest absolute Gasteiger partial charge is 0.0241 e. The van der Waals surface area contributed by atoms with Crippen LogP contribution in [0.25, 0.3) is 0 Å². The molecule has 1 aromatic rings. The first kappa shape index (κ1) is 10.0. The largest absolute Gasteiger partial charge is 0.0917 e. The normalized spacial score (nSPS) is 11.0. The maximum absolute atomic E-state index is 2.29. The first-order chi connectivity index (χ1) is 6.24. The lowest BCUT2D eigenvalue weighted by molar-refractivity contribution is 0.982. The number of rotatable bonds is 3. The summed E-state index contributed by atoms with van der Waals surface area (Å²) < 4.78 is 0. The number of hydrogen-bond donors (Lipinski definition) is 0. The summed E-state index contributed by atoms with van der Waals surface area (Å²) in [7, 11) is 0. The van der Waals surface area contributed by atoms with Gasteiger partial charge in [-0.05, 0) is 44.7 Å². The Morgan fingerprint density at radius 1 is 1.23 bits per heavy atom. The van der Waals surface area contributed by atoms with E-state index in [-0.39, 0.29) is 0 Å². The molecule has 0 saturated carbocycles. The van der Waals surface area contributed by atoms with Crippen molar-refractivity contribution in [1.29, 1.82) is 0 Å². The van der Waals surface area contributed by atoms with Gasteiger partial charge in [0.15, 0.2) is 0 Å². The van der Waals surface area contributed by atoms with E-state index in [1.54, 1.807) is 0 Å². The summed E-state index contributed by atoms with van der Waals surface area (Å²) >= 11 is 0. The minimum atomic E-state index is 1.15. The van der Waals surface area contributed by atoms with E-state index < -0.39 is 0 Å². The molecular weight excluding hydrogens is 156 g/mol. The maximum Gasteiger partial charge on any atom is -0.0241 e. The first-order valence-corrected chi connectivity index (χ1v) is 4.91. The minimum Gasteiger partial charge on any atom is -0.0917 e. The third kappa shape index (κ3) is 3.06. The molecule has 1 aromatic carbocycles. The second-order valence-electron chi connectivity index (χ2n) is 3.54. The van der Waals surface area contributed by atoms with E-state index in [2.05, 4.69) is 51.1 Å². The van der Waals surface area contributed by atoms with Gasteiger partial charge in [0, 0.05) is 0 Å². The van der Waals surface area contributed by atoms with E-state index >= 15 is 0 Å². The van der Waals surface area contributed by atoms with Crippen LogP contribution in [0.1, 0.15) is 30.0 Å². The van der Waals surface area contributed by atoms with Gasteiger partial charge in [0.2, 0.25) is 0 Å². The predicted octanol–water partition coefficient (Wildman–Crippen LogP) is 3.81. The van der Waals surface area contributed by atoms with Crippen LogP contribution in [-0.2, 0) is 6.42 Å². The van der Waals surface area contributed by atoms with Crippen LogP contribution >= 0.6 is 0 Å². The molecule has 0 heterocycles. The molecule has 0 unspecified atom stereocenters. The van der Waals surface area contributed by atoms with Crippen molar-refractivity contribution in [2.75, 3.05) is 0 Å². The Morgan fingerprint density at radius 3 is 2.69 bits per heavy atom. The number of allylic oxidation sites excluding steroid dienone is 2. The zero-order chi connectivity index (χ0) is 9.68. The van der Waals surface area contributed by atoms with Gasteiger partial charge in [0.05, 0.1) is 0 Å². The quantitative estimate of drug-likeness (QED) is 0.611. The molecule has 0 heteroatoms. The van der Waals surface area contributed by atoms with Crippen molar-refractivity contribution in [3.63, 3.8) is 0 Å². The lowest BCUT2D eigenvalue weighted by Gasteiger charge is -2.04. The molecule has 0 fully saturated rings. The molecule has 0 aromatic heterocycles. The van der Waals surface area contributed by atoms with Crippen LogP contribution in [0.15, 0.2) is 30.4 Å². The zero-order valence-corrected chi connectivity index (χ0v) is 8.80. The Morgan fingerprint density at radius 2 is 2.00 bits per heavy atom. The van der Waals surface area contributed by atoms with Crippen molar-refractivity contribution >= 4 is 0 Å². The molecule has 0 bridgehead atoms. The molecule has 1 rings (SSSR count). The van der Waals surface area contributed by atoms with E-state index in [0.29, 0.717) is 0 Å². The molecular formula is C13H18. The van der Waals surface area contributed by atoms with Gasteiger partial charge in [0.1, 0.15) is 0 Å². The van der Waals surface area contributed by atoms with E-state index in [1.807, 2.05) is 0 Å². The zero-order valence-electron chi connectivity index (χ0n) is 8.80. The minimum absolute atomic E-state index is 1.15. The predicted molar refractivity (Wildman–Crippen MR) is 59.1 cm³/mol. The fraction of sp³-hybridized carbons (Fsp3) is 0.385. The summed E-state index contributed by atoms with van der Waals surface area (Å²) in [5.41, 5.74) is 4.26. The molecule has 0 spiro atoms. The second kappa shape index (κ2) is 4.86. The fourth-order valence-corrected chi connectivity index (χ4v) is 1.48. The van der Waals surface area contributed by atoms with Gasteiger partial charge in [-0.15, -0.1) is 0 Å². The van der Waals surface area contributed by atoms with Gasteiger partial charge >= 0.3 is 0 Å². The topological polar surface area (TPSA) is 0 Å². The third-order valence-electron chi connectivity index (χ3n) is 2.32. The molecule has 0 aliphatic carbocycles. The van der Waals surface area contributed by atoms with Crippen molar-refractivity contribution in [3.05, 3.63) is 47.0 Å². The van der Waals surface area contributed by atoms with Gasteiger partial charge in [-0.3, -0.25) is 0 Å². The maximum atomic E-state index is 2.29. The molecule has 0 saturated heterocycles. The highest BCUT2D eigenvalue weighted by molar-refractivity contribution is 5.30. The van der Waals surface area contributed by atoms with Crippen LogP contribution < -0.4 is 0 Å². The molecule has 0 amide bonds. The summed E-state index contributed by atoms with van der Waals surface area (Å²) in [6.07, 6.45) is 6.66. The Bertz CT molecular complexity index is 295. The number of aryl methyl sites for hydroxylation is 3. The van der Waals surface area contributed by atoms with E-state index in [4.69, 9.17) is 0 Å². The van der Waals surface area contributed by atoms with Crippen molar-refractivity contribution in [1.82, 2.24) is 0 Å². The van der Waals surface area contributed by atoms with Gasteiger partial charge in [-0.2, -0.15) is 0 Å². The van der Waals surface area contributed by atoms with Crippen molar-refractivity contribution < 1.29 is 0 Å². The summed E-state index contributed by atoms with van der Waals surface area (Å²) in [5, 5.41) is 0. The van der Waals surface area contributed by atoms with Crippen molar-refractivity contribution in [2.45, 2.75) is 33.6 Å². The van der Waals surface area contributed by atoms with Crippen LogP contribution in [0.5, 0.6) is 0 Å². The van der Waals surface area contributed by atoms with Crippen LogP contribution in [0, 0.1) is 13.8 Å². The molecule has 0 aliphatic rings. The molecule has 0 aliphatic heterocycles. The van der Waals surface area contributed by atoms with Crippen LogP contribution in [-0.4, -0.2) is 0 Å². The monoisotopic (exact) mass is 174 g/mol. The highest BCUT2D eigenvalue weighted by Crippen LogP contribution is 2.12. The Labute approximate surface area is 81.3 Å². The Balaban J connectivity index is 2.69. The summed E-state index contributed by atoms with van der Waals surface area (Å²) in [5.74, 6) is 0. The average Bonchev–Trinajstić information content (AvgIpc) is 2.11.